The van der Waals surface area contributed by atoms with Crippen LogP contribution in [-0.4, -0.2) is 18.6 Å². The molecule has 3 rings (SSSR count). The monoisotopic (exact) mass is 403 g/mol. The summed E-state index contributed by atoms with van der Waals surface area (Å²) in [6, 6.07) is 25.4. The highest BCUT2D eigenvalue weighted by Crippen LogP contribution is 2.16. The van der Waals surface area contributed by atoms with Crippen molar-refractivity contribution >= 4 is 5.91 Å². The van der Waals surface area contributed by atoms with Gasteiger partial charge in [-0.2, -0.15) is 0 Å². The van der Waals surface area contributed by atoms with Crippen LogP contribution < -0.4 is 14.8 Å². The summed E-state index contributed by atoms with van der Waals surface area (Å²) in [6.07, 6.45) is 1.95. The number of carbonyl (C=O) groups excluding carboxylic acids is 1. The molecular formula is C26H29NO3. The SMILES string of the molecule is CC(C)Oc1ccc(CCCNC(=O)c2cccc(OCc3ccccc3)c2)cc1. The summed E-state index contributed by atoms with van der Waals surface area (Å²) in [4.78, 5) is 12.4. The predicted octanol–water partition coefficient (Wildman–Crippen LogP) is 5.42. The number of amides is 1. The maximum atomic E-state index is 12.4. The van der Waals surface area contributed by atoms with Crippen LogP contribution in [0.1, 0.15) is 41.8 Å². The van der Waals surface area contributed by atoms with E-state index in [4.69, 9.17) is 9.47 Å². The van der Waals surface area contributed by atoms with Gasteiger partial charge in [-0.05, 0) is 68.1 Å². The molecule has 0 spiro atoms. The molecule has 0 atom stereocenters. The molecule has 3 aromatic carbocycles. The van der Waals surface area contributed by atoms with Crippen molar-refractivity contribution in [1.82, 2.24) is 5.32 Å². The van der Waals surface area contributed by atoms with Gasteiger partial charge in [-0.25, -0.2) is 0 Å². The minimum Gasteiger partial charge on any atom is -0.491 e. The van der Waals surface area contributed by atoms with Crippen LogP contribution in [0.15, 0.2) is 78.9 Å². The summed E-state index contributed by atoms with van der Waals surface area (Å²) in [7, 11) is 0. The molecule has 4 heteroatoms. The van der Waals surface area contributed by atoms with Crippen molar-refractivity contribution in [2.24, 2.45) is 0 Å². The third-order valence-electron chi connectivity index (χ3n) is 4.57. The van der Waals surface area contributed by atoms with Crippen LogP contribution in [0.3, 0.4) is 0 Å². The van der Waals surface area contributed by atoms with Gasteiger partial charge in [-0.3, -0.25) is 4.79 Å². The molecule has 3 aromatic rings. The Morgan fingerprint density at radius 2 is 1.63 bits per heavy atom. The van der Waals surface area contributed by atoms with Gasteiger partial charge in [0.25, 0.3) is 5.91 Å². The number of hydrogen-bond donors (Lipinski definition) is 1. The predicted molar refractivity (Wildman–Crippen MR) is 120 cm³/mol. The first-order valence-corrected chi connectivity index (χ1v) is 10.4. The Bertz CT molecular complexity index is 921. The van der Waals surface area contributed by atoms with E-state index < -0.39 is 0 Å². The molecule has 0 bridgehead atoms. The van der Waals surface area contributed by atoms with Gasteiger partial charge < -0.3 is 14.8 Å². The lowest BCUT2D eigenvalue weighted by atomic mass is 10.1. The van der Waals surface area contributed by atoms with E-state index in [-0.39, 0.29) is 12.0 Å². The Labute approximate surface area is 178 Å². The second-order valence-corrected chi connectivity index (χ2v) is 7.47. The highest BCUT2D eigenvalue weighted by molar-refractivity contribution is 5.94. The zero-order valence-corrected chi connectivity index (χ0v) is 17.6. The molecule has 30 heavy (non-hydrogen) atoms. The van der Waals surface area contributed by atoms with Gasteiger partial charge in [0.15, 0.2) is 0 Å². The Kier molecular flexibility index (Phi) is 7.90. The zero-order valence-electron chi connectivity index (χ0n) is 17.6. The van der Waals surface area contributed by atoms with Gasteiger partial charge in [-0.15, -0.1) is 0 Å². The van der Waals surface area contributed by atoms with Gasteiger partial charge in [-0.1, -0.05) is 48.5 Å². The maximum absolute atomic E-state index is 12.4. The van der Waals surface area contributed by atoms with Crippen LogP contribution in [0, 0.1) is 0 Å². The van der Waals surface area contributed by atoms with Crippen LogP contribution in [0.25, 0.3) is 0 Å². The van der Waals surface area contributed by atoms with E-state index in [1.807, 2.05) is 68.4 Å². The lowest BCUT2D eigenvalue weighted by molar-refractivity contribution is 0.0952. The second kappa shape index (κ2) is 11.1. The average molecular weight is 404 g/mol. The molecule has 0 aliphatic heterocycles. The van der Waals surface area contributed by atoms with E-state index in [1.54, 1.807) is 12.1 Å². The normalized spacial score (nSPS) is 10.6. The summed E-state index contributed by atoms with van der Waals surface area (Å²) in [5.74, 6) is 1.49. The topological polar surface area (TPSA) is 47.6 Å². The summed E-state index contributed by atoms with van der Waals surface area (Å²) in [5, 5.41) is 2.99. The van der Waals surface area contributed by atoms with Crippen LogP contribution in [0.2, 0.25) is 0 Å². The fourth-order valence-corrected chi connectivity index (χ4v) is 3.07. The standard InChI is InChI=1S/C26H29NO3/c1-20(2)30-24-15-13-21(14-16-24)10-7-17-27-26(28)23-11-6-12-25(18-23)29-19-22-8-4-3-5-9-22/h3-6,8-9,11-16,18,20H,7,10,17,19H2,1-2H3,(H,27,28). The molecule has 0 aliphatic rings. The molecule has 0 saturated heterocycles. The second-order valence-electron chi connectivity index (χ2n) is 7.47. The molecule has 1 N–H and O–H groups in total. The van der Waals surface area contributed by atoms with E-state index >= 15 is 0 Å². The van der Waals surface area contributed by atoms with Gasteiger partial charge in [0.1, 0.15) is 18.1 Å². The summed E-state index contributed by atoms with van der Waals surface area (Å²) in [5.41, 5.74) is 2.93. The van der Waals surface area contributed by atoms with Crippen LogP contribution in [0.4, 0.5) is 0 Å². The largest absolute Gasteiger partial charge is 0.491 e. The number of nitrogens with one attached hydrogen (secondary N) is 1. The molecule has 0 saturated carbocycles. The van der Waals surface area contributed by atoms with Crippen molar-refractivity contribution in [3.8, 4) is 11.5 Å². The van der Waals surface area contributed by atoms with Crippen molar-refractivity contribution in [3.63, 3.8) is 0 Å². The number of carbonyl (C=O) groups is 1. The summed E-state index contributed by atoms with van der Waals surface area (Å²) < 4.78 is 11.5. The van der Waals surface area contributed by atoms with Crippen molar-refractivity contribution in [2.75, 3.05) is 6.54 Å². The first kappa shape index (κ1) is 21.4. The number of rotatable bonds is 10. The number of benzene rings is 3. The summed E-state index contributed by atoms with van der Waals surface area (Å²) >= 11 is 0. The van der Waals surface area contributed by atoms with E-state index in [9.17, 15) is 4.79 Å². The van der Waals surface area contributed by atoms with Crippen molar-refractivity contribution < 1.29 is 14.3 Å². The minimum atomic E-state index is -0.0826. The molecule has 4 nitrogen and oxygen atoms in total. The third-order valence-corrected chi connectivity index (χ3v) is 4.57. The smallest absolute Gasteiger partial charge is 0.251 e. The van der Waals surface area contributed by atoms with E-state index in [2.05, 4.69) is 17.4 Å². The molecule has 0 heterocycles. The van der Waals surface area contributed by atoms with Gasteiger partial charge in [0, 0.05) is 12.1 Å². The van der Waals surface area contributed by atoms with Crippen LogP contribution in [0.5, 0.6) is 11.5 Å². The highest BCUT2D eigenvalue weighted by Gasteiger charge is 2.07. The Balaban J connectivity index is 1.42. The van der Waals surface area contributed by atoms with Crippen LogP contribution in [-0.2, 0) is 13.0 Å². The lowest BCUT2D eigenvalue weighted by Gasteiger charge is -2.10. The van der Waals surface area contributed by atoms with Crippen molar-refractivity contribution in [3.05, 3.63) is 95.6 Å². The minimum absolute atomic E-state index is 0.0826. The van der Waals surface area contributed by atoms with Gasteiger partial charge in [0.05, 0.1) is 6.10 Å². The molecule has 0 unspecified atom stereocenters. The van der Waals surface area contributed by atoms with Gasteiger partial charge >= 0.3 is 0 Å². The Morgan fingerprint density at radius 1 is 0.867 bits per heavy atom. The Hall–Kier alpha value is -3.27. The van der Waals surface area contributed by atoms with Crippen molar-refractivity contribution in [1.29, 1.82) is 0 Å². The molecule has 1 amide bonds. The summed E-state index contributed by atoms with van der Waals surface area (Å²) in [6.45, 7) is 5.13. The lowest BCUT2D eigenvalue weighted by Crippen LogP contribution is -2.24. The molecule has 0 aromatic heterocycles. The quantitative estimate of drug-likeness (QED) is 0.460. The maximum Gasteiger partial charge on any atom is 0.251 e. The third kappa shape index (κ3) is 6.96. The highest BCUT2D eigenvalue weighted by atomic mass is 16.5. The van der Waals surface area contributed by atoms with Crippen molar-refractivity contribution in [2.45, 2.75) is 39.4 Å². The molecule has 156 valence electrons. The van der Waals surface area contributed by atoms with Gasteiger partial charge in [0.2, 0.25) is 0 Å². The fourth-order valence-electron chi connectivity index (χ4n) is 3.07. The number of aryl methyl sites for hydroxylation is 1. The fraction of sp³-hybridized carbons (Fsp3) is 0.269. The first-order valence-electron chi connectivity index (χ1n) is 10.4. The van der Waals surface area contributed by atoms with E-state index in [0.29, 0.717) is 24.5 Å². The molecule has 0 aliphatic carbocycles. The number of ether oxygens (including phenoxy) is 2. The first-order chi connectivity index (χ1) is 14.6. The molecule has 0 fully saturated rings. The zero-order chi connectivity index (χ0) is 21.2. The molecular weight excluding hydrogens is 374 g/mol. The average Bonchev–Trinajstić information content (AvgIpc) is 2.77. The van der Waals surface area contributed by atoms with E-state index in [0.717, 1.165) is 24.2 Å². The Morgan fingerprint density at radius 3 is 2.37 bits per heavy atom. The van der Waals surface area contributed by atoms with Crippen LogP contribution >= 0.6 is 0 Å². The van der Waals surface area contributed by atoms with E-state index in [1.165, 1.54) is 5.56 Å². The molecule has 0 radical (unpaired) electrons. The number of hydrogen-bond acceptors (Lipinski definition) is 3.